The summed E-state index contributed by atoms with van der Waals surface area (Å²) < 4.78 is 50.3. The monoisotopic (exact) mass is 518 g/mol. The predicted octanol–water partition coefficient (Wildman–Crippen LogP) is 3.36. The Hall–Kier alpha value is -3.28. The lowest BCUT2D eigenvalue weighted by atomic mass is 9.87. The molecule has 9 nitrogen and oxygen atoms in total. The number of nitrogens with zero attached hydrogens (tertiary/aromatic N) is 5. The first-order valence-electron chi connectivity index (χ1n) is 12.5. The number of allylic oxidation sites excluding steroid dienone is 2. The summed E-state index contributed by atoms with van der Waals surface area (Å²) in [5.41, 5.74) is 3.60. The topological polar surface area (TPSA) is 102 Å². The number of carbonyl (C=O) groups excluding carboxylic acids is 1. The molecule has 0 unspecified atom stereocenters. The van der Waals surface area contributed by atoms with Gasteiger partial charge in [0.15, 0.2) is 0 Å². The summed E-state index contributed by atoms with van der Waals surface area (Å²) in [4.78, 5) is 31.6. The standard InChI is InChI=1S/C25H29F3N6O3/c1-15(25(26,27)28)30-22(35)21-31-23(33-24(32-21)37-14-17-4-3-13-36-17)34-11-8-16(9-12-34)18-6-7-20-19(18)5-2-10-29-20/h2,5-6,10,15-17H,3-4,7-9,11-14H2,1H3,(H,30,35)/t15-,17+/m0/s1. The SMILES string of the molecule is C[C@H](NC(=O)c1nc(OC[C@H]2CCCO2)nc(N2CCC(C3=CCc4ncccc43)CC2)n1)C(F)(F)F. The van der Waals surface area contributed by atoms with E-state index in [0.29, 0.717) is 25.6 Å². The molecule has 2 aliphatic heterocycles. The Morgan fingerprint density at radius 2 is 2.05 bits per heavy atom. The highest BCUT2D eigenvalue weighted by molar-refractivity contribution is 5.91. The summed E-state index contributed by atoms with van der Waals surface area (Å²) in [6, 6.07) is 1.89. The molecule has 198 valence electrons. The minimum Gasteiger partial charge on any atom is -0.461 e. The van der Waals surface area contributed by atoms with Crippen LogP contribution in [0.25, 0.3) is 5.57 Å². The molecule has 1 aliphatic carbocycles. The van der Waals surface area contributed by atoms with Crippen LogP contribution < -0.4 is 15.0 Å². The van der Waals surface area contributed by atoms with E-state index in [-0.39, 0.29) is 24.7 Å². The largest absolute Gasteiger partial charge is 0.461 e. The molecule has 0 bridgehead atoms. The highest BCUT2D eigenvalue weighted by atomic mass is 19.4. The smallest absolute Gasteiger partial charge is 0.408 e. The van der Waals surface area contributed by atoms with Gasteiger partial charge in [0, 0.05) is 32.3 Å². The Balaban J connectivity index is 1.31. The van der Waals surface area contributed by atoms with E-state index in [1.165, 1.54) is 11.1 Å². The van der Waals surface area contributed by atoms with E-state index in [1.807, 2.05) is 16.3 Å². The first-order chi connectivity index (χ1) is 17.8. The van der Waals surface area contributed by atoms with Crippen LogP contribution in [0, 0.1) is 5.92 Å². The van der Waals surface area contributed by atoms with Gasteiger partial charge in [0.2, 0.25) is 11.8 Å². The quantitative estimate of drug-likeness (QED) is 0.596. The number of carbonyl (C=O) groups is 1. The molecular formula is C25H29F3N6O3. The van der Waals surface area contributed by atoms with Crippen LogP contribution >= 0.6 is 0 Å². The normalized spacial score (nSPS) is 20.9. The van der Waals surface area contributed by atoms with Gasteiger partial charge in [-0.05, 0) is 55.7 Å². The molecule has 4 heterocycles. The van der Waals surface area contributed by atoms with Gasteiger partial charge in [-0.15, -0.1) is 0 Å². The third kappa shape index (κ3) is 5.84. The Kier molecular flexibility index (Phi) is 7.27. The molecule has 2 atom stereocenters. The number of aromatic nitrogens is 4. The van der Waals surface area contributed by atoms with Crippen molar-refractivity contribution in [3.8, 4) is 6.01 Å². The maximum atomic E-state index is 13.0. The van der Waals surface area contributed by atoms with Crippen LogP contribution in [0.4, 0.5) is 19.1 Å². The van der Waals surface area contributed by atoms with Crippen molar-refractivity contribution in [1.29, 1.82) is 0 Å². The maximum absolute atomic E-state index is 13.0. The predicted molar refractivity (Wildman–Crippen MR) is 128 cm³/mol. The lowest BCUT2D eigenvalue weighted by Gasteiger charge is -2.33. The summed E-state index contributed by atoms with van der Waals surface area (Å²) in [5.74, 6) is -0.883. The van der Waals surface area contributed by atoms with E-state index in [2.05, 4.69) is 32.1 Å². The molecule has 0 radical (unpaired) electrons. The van der Waals surface area contributed by atoms with Crippen LogP contribution in [0.15, 0.2) is 24.4 Å². The maximum Gasteiger partial charge on any atom is 0.408 e. The van der Waals surface area contributed by atoms with Crippen molar-refractivity contribution in [3.63, 3.8) is 0 Å². The Morgan fingerprint density at radius 3 is 2.78 bits per heavy atom. The van der Waals surface area contributed by atoms with E-state index >= 15 is 0 Å². The number of ether oxygens (including phenoxy) is 2. The molecule has 3 aliphatic rings. The zero-order chi connectivity index (χ0) is 26.0. The van der Waals surface area contributed by atoms with Gasteiger partial charge in [0.1, 0.15) is 12.6 Å². The van der Waals surface area contributed by atoms with Gasteiger partial charge < -0.3 is 19.7 Å². The molecule has 2 aromatic heterocycles. The minimum atomic E-state index is -4.59. The lowest BCUT2D eigenvalue weighted by Crippen LogP contribution is -2.44. The van der Waals surface area contributed by atoms with Gasteiger partial charge in [-0.1, -0.05) is 12.1 Å². The molecule has 5 rings (SSSR count). The summed E-state index contributed by atoms with van der Waals surface area (Å²) >= 11 is 0. The molecule has 2 fully saturated rings. The van der Waals surface area contributed by atoms with E-state index in [1.54, 1.807) is 6.20 Å². The third-order valence-electron chi connectivity index (χ3n) is 7.00. The van der Waals surface area contributed by atoms with Gasteiger partial charge in [0.25, 0.3) is 5.91 Å². The second-order valence-corrected chi connectivity index (χ2v) is 9.55. The Morgan fingerprint density at radius 1 is 1.24 bits per heavy atom. The number of alkyl halides is 3. The number of anilines is 1. The number of rotatable bonds is 7. The highest BCUT2D eigenvalue weighted by Gasteiger charge is 2.38. The zero-order valence-electron chi connectivity index (χ0n) is 20.5. The van der Waals surface area contributed by atoms with Crippen molar-refractivity contribution in [2.24, 2.45) is 5.92 Å². The lowest BCUT2D eigenvalue weighted by molar-refractivity contribution is -0.149. The second kappa shape index (κ2) is 10.6. The summed E-state index contributed by atoms with van der Waals surface area (Å²) in [6.45, 7) is 2.93. The third-order valence-corrected chi connectivity index (χ3v) is 7.00. The molecule has 1 N–H and O–H groups in total. The van der Waals surface area contributed by atoms with Crippen LogP contribution in [-0.2, 0) is 11.2 Å². The van der Waals surface area contributed by atoms with Crippen LogP contribution in [0.1, 0.15) is 54.5 Å². The van der Waals surface area contributed by atoms with Crippen LogP contribution in [-0.4, -0.2) is 70.5 Å². The van der Waals surface area contributed by atoms with Gasteiger partial charge in [0.05, 0.1) is 11.8 Å². The van der Waals surface area contributed by atoms with E-state index < -0.39 is 23.9 Å². The van der Waals surface area contributed by atoms with Crippen LogP contribution in [0.2, 0.25) is 0 Å². The number of hydrogen-bond donors (Lipinski definition) is 1. The molecule has 0 aromatic carbocycles. The molecule has 2 aromatic rings. The minimum absolute atomic E-state index is 0.106. The number of piperidine rings is 1. The molecule has 2 saturated heterocycles. The zero-order valence-corrected chi connectivity index (χ0v) is 20.5. The number of halogens is 3. The fraction of sp³-hybridized carbons (Fsp3) is 0.560. The average molecular weight is 519 g/mol. The number of fused-ring (bicyclic) bond motifs is 1. The van der Waals surface area contributed by atoms with Crippen molar-refractivity contribution >= 4 is 17.4 Å². The molecule has 12 heteroatoms. The van der Waals surface area contributed by atoms with E-state index in [4.69, 9.17) is 9.47 Å². The second-order valence-electron chi connectivity index (χ2n) is 9.55. The number of hydrogen-bond acceptors (Lipinski definition) is 8. The fourth-order valence-corrected chi connectivity index (χ4v) is 4.90. The first-order valence-corrected chi connectivity index (χ1v) is 12.5. The molecule has 37 heavy (non-hydrogen) atoms. The average Bonchev–Trinajstić information content (AvgIpc) is 3.57. The molecule has 0 saturated carbocycles. The van der Waals surface area contributed by atoms with Crippen molar-refractivity contribution in [3.05, 3.63) is 41.5 Å². The van der Waals surface area contributed by atoms with E-state index in [0.717, 1.165) is 44.7 Å². The molecule has 0 spiro atoms. The van der Waals surface area contributed by atoms with Crippen LogP contribution in [0.5, 0.6) is 6.01 Å². The molecule has 1 amide bonds. The number of nitrogens with one attached hydrogen (secondary N) is 1. The summed E-state index contributed by atoms with van der Waals surface area (Å²) in [6.07, 6.45) is 3.60. The van der Waals surface area contributed by atoms with Crippen LogP contribution in [0.3, 0.4) is 0 Å². The van der Waals surface area contributed by atoms with Gasteiger partial charge in [-0.25, -0.2) is 0 Å². The highest BCUT2D eigenvalue weighted by Crippen LogP contribution is 2.37. The van der Waals surface area contributed by atoms with Gasteiger partial charge in [-0.3, -0.25) is 9.78 Å². The molecular weight excluding hydrogens is 489 g/mol. The Bertz CT molecular complexity index is 1160. The van der Waals surface area contributed by atoms with Crippen molar-refractivity contribution in [2.75, 3.05) is 31.2 Å². The summed E-state index contributed by atoms with van der Waals surface area (Å²) in [7, 11) is 0. The van der Waals surface area contributed by atoms with E-state index in [9.17, 15) is 18.0 Å². The van der Waals surface area contributed by atoms with Crippen molar-refractivity contribution in [1.82, 2.24) is 25.3 Å². The van der Waals surface area contributed by atoms with Crippen molar-refractivity contribution < 1.29 is 27.4 Å². The van der Waals surface area contributed by atoms with Gasteiger partial charge in [-0.2, -0.15) is 28.1 Å². The fourth-order valence-electron chi connectivity index (χ4n) is 4.90. The Labute approximate surface area is 212 Å². The van der Waals surface area contributed by atoms with Gasteiger partial charge >= 0.3 is 12.2 Å². The number of pyridine rings is 1. The number of amides is 1. The summed E-state index contributed by atoms with van der Waals surface area (Å²) in [5, 5.41) is 1.92. The first kappa shape index (κ1) is 25.4. The van der Waals surface area contributed by atoms with Crippen molar-refractivity contribution in [2.45, 2.75) is 57.3 Å².